The van der Waals surface area contributed by atoms with Gasteiger partial charge in [-0.05, 0) is 6.07 Å². The molecule has 100 valence electrons. The van der Waals surface area contributed by atoms with E-state index >= 15 is 0 Å². The van der Waals surface area contributed by atoms with E-state index in [9.17, 15) is 14.9 Å². The number of nitrogens with zero attached hydrogens (tertiary/aromatic N) is 3. The molecule has 21 heavy (non-hydrogen) atoms. The summed E-state index contributed by atoms with van der Waals surface area (Å²) in [6.07, 6.45) is 0. The van der Waals surface area contributed by atoms with Crippen LogP contribution in [0.1, 0.15) is 16.1 Å². The van der Waals surface area contributed by atoms with Gasteiger partial charge in [0, 0.05) is 17.2 Å². The number of benzene rings is 2. The molecule has 1 aliphatic rings. The fourth-order valence-corrected chi connectivity index (χ4v) is 2.57. The number of non-ortho nitro benzene ring substituents is 1. The van der Waals surface area contributed by atoms with Crippen LogP contribution in [-0.4, -0.2) is 20.7 Å². The van der Waals surface area contributed by atoms with Crippen LogP contribution >= 0.6 is 0 Å². The Hall–Kier alpha value is -3.15. The number of hydrogen-bond acceptors (Lipinski definition) is 5. The number of nitro groups is 1. The molecule has 6 heteroatoms. The van der Waals surface area contributed by atoms with Crippen molar-refractivity contribution in [2.75, 3.05) is 0 Å². The molecule has 0 bridgehead atoms. The Morgan fingerprint density at radius 1 is 0.905 bits per heavy atom. The first-order chi connectivity index (χ1) is 10.2. The Morgan fingerprint density at radius 2 is 1.67 bits per heavy atom. The fraction of sp³-hybridized carbons (Fsp3) is 0. The van der Waals surface area contributed by atoms with E-state index in [0.29, 0.717) is 22.3 Å². The first-order valence-electron chi connectivity index (χ1n) is 6.26. The van der Waals surface area contributed by atoms with Gasteiger partial charge in [-0.15, -0.1) is 0 Å². The third-order valence-corrected chi connectivity index (χ3v) is 3.51. The minimum Gasteiger partial charge on any atom is -0.287 e. The van der Waals surface area contributed by atoms with Gasteiger partial charge >= 0.3 is 0 Å². The monoisotopic (exact) mass is 277 g/mol. The second kappa shape index (κ2) is 3.92. The molecular formula is C15H7N3O3. The molecule has 0 radical (unpaired) electrons. The number of hydrogen-bond donors (Lipinski definition) is 0. The Morgan fingerprint density at radius 3 is 2.43 bits per heavy atom. The lowest BCUT2D eigenvalue weighted by Gasteiger charge is -2.02. The van der Waals surface area contributed by atoms with E-state index < -0.39 is 4.92 Å². The number of fused-ring (bicyclic) bond motifs is 4. The third kappa shape index (κ3) is 1.50. The summed E-state index contributed by atoms with van der Waals surface area (Å²) >= 11 is 0. The molecule has 1 aliphatic carbocycles. The number of aromatic nitrogens is 2. The average Bonchev–Trinajstić information content (AvgIpc) is 2.78. The largest absolute Gasteiger partial charge is 0.297 e. The molecule has 0 saturated heterocycles. The molecule has 0 spiro atoms. The zero-order valence-electron chi connectivity index (χ0n) is 10.6. The Labute approximate surface area is 118 Å². The summed E-state index contributed by atoms with van der Waals surface area (Å²) in [5, 5.41) is 11.1. The molecule has 0 N–H and O–H groups in total. The van der Waals surface area contributed by atoms with E-state index in [4.69, 9.17) is 0 Å². The van der Waals surface area contributed by atoms with E-state index in [1.807, 2.05) is 0 Å². The molecule has 3 aromatic rings. The maximum atomic E-state index is 12.3. The number of rotatable bonds is 1. The van der Waals surface area contributed by atoms with Crippen LogP contribution in [0.15, 0.2) is 42.5 Å². The summed E-state index contributed by atoms with van der Waals surface area (Å²) in [6.45, 7) is 0. The minimum atomic E-state index is -0.494. The third-order valence-electron chi connectivity index (χ3n) is 3.51. The van der Waals surface area contributed by atoms with E-state index in [1.54, 1.807) is 30.3 Å². The summed E-state index contributed by atoms with van der Waals surface area (Å²) in [5.74, 6) is -0.193. The number of carbonyl (C=O) groups is 1. The average molecular weight is 277 g/mol. The van der Waals surface area contributed by atoms with Gasteiger partial charge in [-0.1, -0.05) is 30.3 Å². The van der Waals surface area contributed by atoms with E-state index in [1.165, 1.54) is 12.1 Å². The van der Waals surface area contributed by atoms with Gasteiger partial charge in [0.1, 0.15) is 11.4 Å². The number of ketones is 1. The summed E-state index contributed by atoms with van der Waals surface area (Å²) in [6, 6.07) is 11.6. The van der Waals surface area contributed by atoms with Crippen molar-refractivity contribution in [1.82, 2.24) is 9.97 Å². The van der Waals surface area contributed by atoms with Crippen molar-refractivity contribution in [1.29, 1.82) is 0 Å². The Balaban J connectivity index is 2.12. The zero-order valence-corrected chi connectivity index (χ0v) is 10.6. The first kappa shape index (κ1) is 11.7. The van der Waals surface area contributed by atoms with Gasteiger partial charge in [-0.2, -0.15) is 0 Å². The van der Waals surface area contributed by atoms with Gasteiger partial charge in [0.05, 0.1) is 10.4 Å². The molecule has 0 unspecified atom stereocenters. The van der Waals surface area contributed by atoms with Crippen LogP contribution in [0.25, 0.3) is 22.3 Å². The van der Waals surface area contributed by atoms with Crippen LogP contribution in [0, 0.1) is 10.1 Å². The fourth-order valence-electron chi connectivity index (χ4n) is 2.57. The Kier molecular flexibility index (Phi) is 2.18. The van der Waals surface area contributed by atoms with Gasteiger partial charge in [0.25, 0.3) is 5.69 Å². The molecule has 0 amide bonds. The Bertz CT molecular complexity index is 950. The maximum absolute atomic E-state index is 12.3. The molecule has 4 rings (SSSR count). The predicted molar refractivity (Wildman–Crippen MR) is 75.1 cm³/mol. The molecule has 1 heterocycles. The zero-order chi connectivity index (χ0) is 14.6. The molecule has 6 nitrogen and oxygen atoms in total. The van der Waals surface area contributed by atoms with Crippen molar-refractivity contribution in [3.63, 3.8) is 0 Å². The van der Waals surface area contributed by atoms with Gasteiger partial charge in [-0.25, -0.2) is 9.97 Å². The van der Waals surface area contributed by atoms with Crippen LogP contribution in [0.2, 0.25) is 0 Å². The van der Waals surface area contributed by atoms with Gasteiger partial charge < -0.3 is 0 Å². The molecular weight excluding hydrogens is 270 g/mol. The standard InChI is InChI=1S/C15H7N3O3/c19-15-9-5-2-1-4-8(9)12-14(15)16-10-6-3-7-11(18(20)21)13(10)17-12/h1-7H. The summed E-state index contributed by atoms with van der Waals surface area (Å²) in [5.41, 5.74) is 2.31. The lowest BCUT2D eigenvalue weighted by molar-refractivity contribution is -0.383. The number of nitro benzene ring substituents is 1. The topological polar surface area (TPSA) is 86.0 Å². The minimum absolute atomic E-state index is 0.111. The molecule has 0 saturated carbocycles. The van der Waals surface area contributed by atoms with Gasteiger partial charge in [0.15, 0.2) is 5.52 Å². The smallest absolute Gasteiger partial charge is 0.287 e. The highest BCUT2D eigenvalue weighted by Gasteiger charge is 2.30. The number of carbonyl (C=O) groups excluding carboxylic acids is 1. The van der Waals surface area contributed by atoms with Crippen LogP contribution in [0.5, 0.6) is 0 Å². The van der Waals surface area contributed by atoms with E-state index in [2.05, 4.69) is 9.97 Å². The van der Waals surface area contributed by atoms with Crippen molar-refractivity contribution in [3.8, 4) is 11.3 Å². The normalized spacial score (nSPS) is 12.3. The summed E-state index contributed by atoms with van der Waals surface area (Å²) < 4.78 is 0. The van der Waals surface area contributed by atoms with Gasteiger partial charge in [-0.3, -0.25) is 14.9 Å². The predicted octanol–water partition coefficient (Wildman–Crippen LogP) is 2.75. The van der Waals surface area contributed by atoms with Crippen LogP contribution in [0.4, 0.5) is 5.69 Å². The van der Waals surface area contributed by atoms with Crippen LogP contribution in [-0.2, 0) is 0 Å². The molecule has 0 fully saturated rings. The first-order valence-corrected chi connectivity index (χ1v) is 6.26. The van der Waals surface area contributed by atoms with Crippen molar-refractivity contribution in [2.24, 2.45) is 0 Å². The number of para-hydroxylation sites is 1. The van der Waals surface area contributed by atoms with Crippen molar-refractivity contribution in [2.45, 2.75) is 0 Å². The quantitative estimate of drug-likeness (QED) is 0.394. The highest BCUT2D eigenvalue weighted by atomic mass is 16.6. The molecule has 0 atom stereocenters. The summed E-state index contributed by atoms with van der Waals surface area (Å²) in [4.78, 5) is 31.5. The lowest BCUT2D eigenvalue weighted by atomic mass is 10.1. The van der Waals surface area contributed by atoms with Crippen LogP contribution in [0.3, 0.4) is 0 Å². The van der Waals surface area contributed by atoms with Crippen molar-refractivity contribution < 1.29 is 9.72 Å². The second-order valence-electron chi connectivity index (χ2n) is 4.70. The molecule has 0 aliphatic heterocycles. The highest BCUT2D eigenvalue weighted by molar-refractivity contribution is 6.20. The molecule has 2 aromatic carbocycles. The van der Waals surface area contributed by atoms with Crippen molar-refractivity contribution >= 4 is 22.5 Å². The van der Waals surface area contributed by atoms with Crippen LogP contribution < -0.4 is 0 Å². The summed E-state index contributed by atoms with van der Waals surface area (Å²) in [7, 11) is 0. The highest BCUT2D eigenvalue weighted by Crippen LogP contribution is 2.36. The lowest BCUT2D eigenvalue weighted by Crippen LogP contribution is -2.01. The maximum Gasteiger partial charge on any atom is 0.297 e. The van der Waals surface area contributed by atoms with E-state index in [0.717, 1.165) is 0 Å². The SMILES string of the molecule is O=C1c2ccccc2-c2nc3c([N+](=O)[O-])cccc3nc21. The van der Waals surface area contributed by atoms with Crippen molar-refractivity contribution in [3.05, 3.63) is 63.8 Å². The second-order valence-corrected chi connectivity index (χ2v) is 4.70. The molecule has 1 aromatic heterocycles. The van der Waals surface area contributed by atoms with E-state index in [-0.39, 0.29) is 22.7 Å². The van der Waals surface area contributed by atoms with Gasteiger partial charge in [0.2, 0.25) is 5.78 Å².